The Kier molecular flexibility index (Phi) is 3.90. The van der Waals surface area contributed by atoms with E-state index in [1.807, 2.05) is 13.8 Å². The van der Waals surface area contributed by atoms with E-state index in [9.17, 15) is 5.11 Å². The van der Waals surface area contributed by atoms with Gasteiger partial charge in [0, 0.05) is 0 Å². The minimum Gasteiger partial charge on any atom is -0.391 e. The Morgan fingerprint density at radius 2 is 2.19 bits per heavy atom. The molecule has 0 bridgehead atoms. The molecular formula is C9H16ClN5O. The molecule has 1 aromatic rings. The second kappa shape index (κ2) is 4.82. The number of rotatable bonds is 4. The number of nitrogen functional groups attached to an aromatic ring is 1. The van der Waals surface area contributed by atoms with E-state index in [0.29, 0.717) is 10.8 Å². The van der Waals surface area contributed by atoms with E-state index >= 15 is 0 Å². The van der Waals surface area contributed by atoms with Gasteiger partial charge in [-0.05, 0) is 20.8 Å². The summed E-state index contributed by atoms with van der Waals surface area (Å²) in [7, 11) is 0. The van der Waals surface area contributed by atoms with E-state index in [1.165, 1.54) is 6.20 Å². The summed E-state index contributed by atoms with van der Waals surface area (Å²) in [5, 5.41) is 13.0. The highest BCUT2D eigenvalue weighted by Crippen LogP contribution is 2.24. The number of anilines is 2. The Morgan fingerprint density at radius 1 is 1.56 bits per heavy atom. The van der Waals surface area contributed by atoms with Crippen LogP contribution in [0.4, 0.5) is 11.8 Å². The summed E-state index contributed by atoms with van der Waals surface area (Å²) in [6.07, 6.45) is 0.873. The molecule has 0 fully saturated rings. The lowest BCUT2D eigenvalue weighted by atomic mass is 9.99. The zero-order valence-electron chi connectivity index (χ0n) is 9.45. The van der Waals surface area contributed by atoms with Gasteiger partial charge in [-0.2, -0.15) is 4.98 Å². The zero-order valence-corrected chi connectivity index (χ0v) is 10.2. The predicted molar refractivity (Wildman–Crippen MR) is 64.2 cm³/mol. The Labute approximate surface area is 99.2 Å². The van der Waals surface area contributed by atoms with Crippen molar-refractivity contribution in [1.29, 1.82) is 0 Å². The van der Waals surface area contributed by atoms with Crippen LogP contribution in [0.1, 0.15) is 20.8 Å². The van der Waals surface area contributed by atoms with Crippen LogP contribution < -0.4 is 16.6 Å². The summed E-state index contributed by atoms with van der Waals surface area (Å²) in [5.41, 5.74) is 1.77. The Morgan fingerprint density at radius 3 is 2.69 bits per heavy atom. The molecule has 0 aliphatic carbocycles. The first-order valence-electron chi connectivity index (χ1n) is 4.82. The number of hydrogen-bond donors (Lipinski definition) is 4. The van der Waals surface area contributed by atoms with Gasteiger partial charge in [-0.25, -0.2) is 10.8 Å². The summed E-state index contributed by atoms with van der Waals surface area (Å²) in [4.78, 5) is 7.91. The van der Waals surface area contributed by atoms with Crippen LogP contribution >= 0.6 is 11.6 Å². The average molecular weight is 246 g/mol. The number of aromatic nitrogens is 2. The lowest BCUT2D eigenvalue weighted by Gasteiger charge is -2.30. The maximum atomic E-state index is 9.57. The molecular weight excluding hydrogens is 230 g/mol. The van der Waals surface area contributed by atoms with Gasteiger partial charge in [-0.3, -0.25) is 5.43 Å². The highest BCUT2D eigenvalue weighted by molar-refractivity contribution is 6.32. The fourth-order valence-corrected chi connectivity index (χ4v) is 1.07. The topological polar surface area (TPSA) is 96.1 Å². The maximum absolute atomic E-state index is 9.57. The van der Waals surface area contributed by atoms with Crippen molar-refractivity contribution in [3.63, 3.8) is 0 Å². The van der Waals surface area contributed by atoms with Gasteiger partial charge in [0.25, 0.3) is 0 Å². The maximum Gasteiger partial charge on any atom is 0.239 e. The number of nitrogens with one attached hydrogen (secondary N) is 2. The molecule has 1 rings (SSSR count). The van der Waals surface area contributed by atoms with Crippen LogP contribution in [0, 0.1) is 0 Å². The van der Waals surface area contributed by atoms with E-state index in [4.69, 9.17) is 17.4 Å². The highest BCUT2D eigenvalue weighted by Gasteiger charge is 2.25. The Hall–Kier alpha value is -1.11. The summed E-state index contributed by atoms with van der Waals surface area (Å²) in [6.45, 7) is 5.36. The van der Waals surface area contributed by atoms with Gasteiger partial charge < -0.3 is 10.4 Å². The number of nitrogens with two attached hydrogens (primary N) is 1. The second-order valence-electron chi connectivity index (χ2n) is 4.06. The fraction of sp³-hybridized carbons (Fsp3) is 0.556. The first-order chi connectivity index (χ1) is 7.36. The molecule has 16 heavy (non-hydrogen) atoms. The third kappa shape index (κ3) is 2.94. The summed E-state index contributed by atoms with van der Waals surface area (Å²) < 4.78 is 0. The minimum absolute atomic E-state index is 0.258. The largest absolute Gasteiger partial charge is 0.391 e. The average Bonchev–Trinajstić information content (AvgIpc) is 2.21. The zero-order chi connectivity index (χ0) is 12.3. The van der Waals surface area contributed by atoms with Gasteiger partial charge in [0.2, 0.25) is 5.95 Å². The van der Waals surface area contributed by atoms with Crippen LogP contribution in [-0.4, -0.2) is 26.7 Å². The van der Waals surface area contributed by atoms with Crippen molar-refractivity contribution in [3.8, 4) is 0 Å². The molecule has 1 heterocycles. The monoisotopic (exact) mass is 245 g/mol. The molecule has 0 amide bonds. The van der Waals surface area contributed by atoms with Crippen LogP contribution in [-0.2, 0) is 0 Å². The SMILES string of the molecule is CC(O)C(C)(C)Nc1nc(NN)ncc1Cl. The van der Waals surface area contributed by atoms with E-state index in [1.54, 1.807) is 6.92 Å². The van der Waals surface area contributed by atoms with E-state index < -0.39 is 11.6 Å². The van der Waals surface area contributed by atoms with Crippen molar-refractivity contribution in [1.82, 2.24) is 9.97 Å². The molecule has 6 nitrogen and oxygen atoms in total. The number of halogens is 1. The van der Waals surface area contributed by atoms with Crippen LogP contribution in [0.15, 0.2) is 6.20 Å². The van der Waals surface area contributed by atoms with E-state index in [2.05, 4.69) is 20.7 Å². The number of aliphatic hydroxyl groups is 1. The van der Waals surface area contributed by atoms with Crippen molar-refractivity contribution < 1.29 is 5.11 Å². The molecule has 5 N–H and O–H groups in total. The van der Waals surface area contributed by atoms with Gasteiger partial charge in [0.05, 0.1) is 17.8 Å². The van der Waals surface area contributed by atoms with Crippen molar-refractivity contribution in [2.45, 2.75) is 32.4 Å². The Bertz CT molecular complexity index is 369. The molecule has 0 aromatic carbocycles. The van der Waals surface area contributed by atoms with Crippen LogP contribution in [0.3, 0.4) is 0 Å². The van der Waals surface area contributed by atoms with E-state index in [-0.39, 0.29) is 5.95 Å². The van der Waals surface area contributed by atoms with E-state index in [0.717, 1.165) is 0 Å². The molecule has 1 aromatic heterocycles. The molecule has 90 valence electrons. The van der Waals surface area contributed by atoms with Gasteiger partial charge in [0.15, 0.2) is 5.82 Å². The Balaban J connectivity index is 2.96. The first kappa shape index (κ1) is 13.0. The van der Waals surface area contributed by atoms with Crippen molar-refractivity contribution >= 4 is 23.4 Å². The molecule has 0 aliphatic rings. The number of nitrogens with zero attached hydrogens (tertiary/aromatic N) is 2. The summed E-state index contributed by atoms with van der Waals surface area (Å²) in [5.74, 6) is 5.88. The van der Waals surface area contributed by atoms with Gasteiger partial charge in [0.1, 0.15) is 5.02 Å². The minimum atomic E-state index is -0.562. The molecule has 0 aliphatic heterocycles. The molecule has 1 atom stereocenters. The molecule has 0 spiro atoms. The van der Waals surface area contributed by atoms with Gasteiger partial charge in [-0.1, -0.05) is 11.6 Å². The van der Waals surface area contributed by atoms with Crippen LogP contribution in [0.2, 0.25) is 5.02 Å². The number of aliphatic hydroxyl groups excluding tert-OH is 1. The van der Waals surface area contributed by atoms with Gasteiger partial charge in [-0.15, -0.1) is 0 Å². The normalized spacial score (nSPS) is 13.4. The number of hydrazine groups is 1. The van der Waals surface area contributed by atoms with Gasteiger partial charge >= 0.3 is 0 Å². The quantitative estimate of drug-likeness (QED) is 0.467. The third-order valence-electron chi connectivity index (χ3n) is 2.36. The van der Waals surface area contributed by atoms with Crippen LogP contribution in [0.5, 0.6) is 0 Å². The standard InChI is InChI=1S/C9H16ClN5O/c1-5(16)9(2,3)14-7-6(10)4-12-8(13-7)15-11/h4-5,16H,11H2,1-3H3,(H2,12,13,14,15). The predicted octanol–water partition coefficient (Wildman–Crippen LogP) is 0.987. The molecule has 0 radical (unpaired) electrons. The third-order valence-corrected chi connectivity index (χ3v) is 2.63. The lowest BCUT2D eigenvalue weighted by molar-refractivity contribution is 0.133. The van der Waals surface area contributed by atoms with Crippen LogP contribution in [0.25, 0.3) is 0 Å². The fourth-order valence-electron chi connectivity index (χ4n) is 0.934. The second-order valence-corrected chi connectivity index (χ2v) is 4.46. The molecule has 0 saturated carbocycles. The summed E-state index contributed by atoms with van der Waals surface area (Å²) >= 11 is 5.93. The molecule has 1 unspecified atom stereocenters. The van der Waals surface area contributed by atoms with Crippen molar-refractivity contribution in [3.05, 3.63) is 11.2 Å². The highest BCUT2D eigenvalue weighted by atomic mass is 35.5. The molecule has 7 heteroatoms. The number of hydrogen-bond acceptors (Lipinski definition) is 6. The first-order valence-corrected chi connectivity index (χ1v) is 5.20. The lowest BCUT2D eigenvalue weighted by Crippen LogP contribution is -2.42. The molecule has 0 saturated heterocycles. The van der Waals surface area contributed by atoms with Crippen molar-refractivity contribution in [2.24, 2.45) is 5.84 Å². The van der Waals surface area contributed by atoms with Crippen molar-refractivity contribution in [2.75, 3.05) is 10.7 Å². The smallest absolute Gasteiger partial charge is 0.239 e. The summed E-state index contributed by atoms with van der Waals surface area (Å²) in [6, 6.07) is 0.